The molecule has 0 atom stereocenters. The van der Waals surface area contributed by atoms with Gasteiger partial charge in [-0.15, -0.1) is 0 Å². The van der Waals surface area contributed by atoms with Crippen molar-refractivity contribution in [3.63, 3.8) is 0 Å². The molecule has 0 aliphatic heterocycles. The molecule has 0 saturated carbocycles. The number of aromatic nitrogens is 2. The molecular formula is C14H14N2O. The molecule has 2 rings (SSSR count). The van der Waals surface area contributed by atoms with E-state index in [-0.39, 0.29) is 11.6 Å². The molecular weight excluding hydrogens is 212 g/mol. The lowest BCUT2D eigenvalue weighted by Gasteiger charge is -2.04. The first kappa shape index (κ1) is 11.5. The predicted octanol–water partition coefficient (Wildman–Crippen LogP) is 2.52. The van der Waals surface area contributed by atoms with E-state index in [4.69, 9.17) is 0 Å². The Kier molecular flexibility index (Phi) is 3.28. The molecule has 0 unspecified atom stereocenters. The number of carbonyl (C=O) groups is 1. The topological polar surface area (TPSA) is 42.9 Å². The highest BCUT2D eigenvalue weighted by molar-refractivity contribution is 5.93. The molecule has 86 valence electrons. The standard InChI is InChI=1S/C14H14N2O/c1-10-4-5-12(8-11(10)2)9-13(17)14-15-6-3-7-16-14/h3-8H,9H2,1-2H3. The molecule has 0 radical (unpaired) electrons. The van der Waals surface area contributed by atoms with Gasteiger partial charge in [0.2, 0.25) is 5.78 Å². The fraction of sp³-hybridized carbons (Fsp3) is 0.214. The van der Waals surface area contributed by atoms with E-state index in [0.717, 1.165) is 5.56 Å². The number of hydrogen-bond acceptors (Lipinski definition) is 3. The lowest BCUT2D eigenvalue weighted by molar-refractivity contribution is 0.0983. The average molecular weight is 226 g/mol. The smallest absolute Gasteiger partial charge is 0.204 e. The molecule has 0 aliphatic rings. The van der Waals surface area contributed by atoms with Crippen LogP contribution in [-0.2, 0) is 6.42 Å². The van der Waals surface area contributed by atoms with E-state index in [9.17, 15) is 4.79 Å². The summed E-state index contributed by atoms with van der Waals surface area (Å²) in [6.07, 6.45) is 3.52. The molecule has 2 aromatic rings. The normalized spacial score (nSPS) is 10.2. The molecule has 1 heterocycles. The fourth-order valence-corrected chi connectivity index (χ4v) is 1.62. The van der Waals surface area contributed by atoms with Crippen molar-refractivity contribution in [2.75, 3.05) is 0 Å². The van der Waals surface area contributed by atoms with Crippen molar-refractivity contribution in [3.8, 4) is 0 Å². The summed E-state index contributed by atoms with van der Waals surface area (Å²) in [7, 11) is 0. The number of aryl methyl sites for hydroxylation is 2. The van der Waals surface area contributed by atoms with Crippen molar-refractivity contribution in [1.29, 1.82) is 0 Å². The quantitative estimate of drug-likeness (QED) is 0.755. The third kappa shape index (κ3) is 2.75. The molecule has 3 heteroatoms. The van der Waals surface area contributed by atoms with Crippen molar-refractivity contribution in [1.82, 2.24) is 9.97 Å². The van der Waals surface area contributed by atoms with Crippen LogP contribution in [0.5, 0.6) is 0 Å². The van der Waals surface area contributed by atoms with Gasteiger partial charge in [0.15, 0.2) is 5.82 Å². The SMILES string of the molecule is Cc1ccc(CC(=O)c2ncccn2)cc1C. The first-order valence-electron chi connectivity index (χ1n) is 5.53. The molecule has 0 N–H and O–H groups in total. The van der Waals surface area contributed by atoms with Crippen LogP contribution in [0.4, 0.5) is 0 Å². The van der Waals surface area contributed by atoms with Crippen LogP contribution in [0.15, 0.2) is 36.7 Å². The summed E-state index contributed by atoms with van der Waals surface area (Å²) >= 11 is 0. The Hall–Kier alpha value is -2.03. The van der Waals surface area contributed by atoms with Crippen LogP contribution in [0.25, 0.3) is 0 Å². The summed E-state index contributed by atoms with van der Waals surface area (Å²) in [5, 5.41) is 0. The van der Waals surface area contributed by atoms with Crippen molar-refractivity contribution in [2.24, 2.45) is 0 Å². The molecule has 0 saturated heterocycles. The Balaban J connectivity index is 2.16. The van der Waals surface area contributed by atoms with Gasteiger partial charge in [-0.1, -0.05) is 18.2 Å². The summed E-state index contributed by atoms with van der Waals surface area (Å²) in [5.41, 5.74) is 3.44. The lowest BCUT2D eigenvalue weighted by atomic mass is 10.0. The Morgan fingerprint density at radius 1 is 1.12 bits per heavy atom. The number of benzene rings is 1. The van der Waals surface area contributed by atoms with E-state index in [1.54, 1.807) is 18.5 Å². The lowest BCUT2D eigenvalue weighted by Crippen LogP contribution is -2.08. The second-order valence-electron chi connectivity index (χ2n) is 4.09. The molecule has 0 amide bonds. The van der Waals surface area contributed by atoms with E-state index >= 15 is 0 Å². The van der Waals surface area contributed by atoms with Crippen LogP contribution in [0, 0.1) is 13.8 Å². The number of rotatable bonds is 3. The maximum Gasteiger partial charge on any atom is 0.204 e. The number of Topliss-reactive ketones (excluding diaryl/α,β-unsaturated/α-hetero) is 1. The van der Waals surface area contributed by atoms with Crippen LogP contribution in [0.2, 0.25) is 0 Å². The minimum absolute atomic E-state index is 0.0474. The van der Waals surface area contributed by atoms with Gasteiger partial charge in [-0.3, -0.25) is 4.79 Å². The number of ketones is 1. The van der Waals surface area contributed by atoms with E-state index in [2.05, 4.69) is 16.9 Å². The zero-order valence-corrected chi connectivity index (χ0v) is 9.97. The van der Waals surface area contributed by atoms with Crippen molar-refractivity contribution < 1.29 is 4.79 Å². The highest BCUT2D eigenvalue weighted by Crippen LogP contribution is 2.11. The summed E-state index contributed by atoms with van der Waals surface area (Å²) in [5.74, 6) is 0.236. The van der Waals surface area contributed by atoms with Gasteiger partial charge in [-0.25, -0.2) is 9.97 Å². The van der Waals surface area contributed by atoms with E-state index in [0.29, 0.717) is 6.42 Å². The van der Waals surface area contributed by atoms with Crippen LogP contribution in [0.3, 0.4) is 0 Å². The van der Waals surface area contributed by atoms with Gasteiger partial charge < -0.3 is 0 Å². The minimum Gasteiger partial charge on any atom is -0.290 e. The maximum absolute atomic E-state index is 11.9. The molecule has 0 aliphatic carbocycles. The van der Waals surface area contributed by atoms with Gasteiger partial charge in [0.1, 0.15) is 0 Å². The first-order valence-corrected chi connectivity index (χ1v) is 5.53. The average Bonchev–Trinajstić information content (AvgIpc) is 2.35. The monoisotopic (exact) mass is 226 g/mol. The third-order valence-corrected chi connectivity index (χ3v) is 2.75. The summed E-state index contributed by atoms with van der Waals surface area (Å²) in [6.45, 7) is 4.10. The van der Waals surface area contributed by atoms with Crippen molar-refractivity contribution in [2.45, 2.75) is 20.3 Å². The van der Waals surface area contributed by atoms with Gasteiger partial charge in [-0.2, -0.15) is 0 Å². The van der Waals surface area contributed by atoms with Crippen LogP contribution in [0.1, 0.15) is 27.3 Å². The Morgan fingerprint density at radius 2 is 1.82 bits per heavy atom. The Morgan fingerprint density at radius 3 is 2.47 bits per heavy atom. The number of hydrogen-bond donors (Lipinski definition) is 0. The molecule has 0 fully saturated rings. The van der Waals surface area contributed by atoms with Crippen LogP contribution < -0.4 is 0 Å². The van der Waals surface area contributed by atoms with Crippen LogP contribution >= 0.6 is 0 Å². The maximum atomic E-state index is 11.9. The number of nitrogens with zero attached hydrogens (tertiary/aromatic N) is 2. The molecule has 0 spiro atoms. The van der Waals surface area contributed by atoms with E-state index in [1.807, 2.05) is 25.1 Å². The Labute approximate surface area is 101 Å². The van der Waals surface area contributed by atoms with E-state index < -0.39 is 0 Å². The fourth-order valence-electron chi connectivity index (χ4n) is 1.62. The molecule has 1 aromatic heterocycles. The number of carbonyl (C=O) groups excluding carboxylic acids is 1. The van der Waals surface area contributed by atoms with Gasteiger partial charge in [0, 0.05) is 18.8 Å². The first-order chi connectivity index (χ1) is 8.16. The highest BCUT2D eigenvalue weighted by Gasteiger charge is 2.09. The van der Waals surface area contributed by atoms with Crippen molar-refractivity contribution in [3.05, 3.63) is 59.2 Å². The highest BCUT2D eigenvalue weighted by atomic mass is 16.1. The summed E-state index contributed by atoms with van der Waals surface area (Å²) in [6, 6.07) is 7.75. The molecule has 3 nitrogen and oxygen atoms in total. The minimum atomic E-state index is -0.0474. The zero-order valence-electron chi connectivity index (χ0n) is 9.97. The molecule has 0 bridgehead atoms. The second-order valence-corrected chi connectivity index (χ2v) is 4.09. The van der Waals surface area contributed by atoms with Gasteiger partial charge >= 0.3 is 0 Å². The van der Waals surface area contributed by atoms with E-state index in [1.165, 1.54) is 11.1 Å². The molecule has 17 heavy (non-hydrogen) atoms. The summed E-state index contributed by atoms with van der Waals surface area (Å²) < 4.78 is 0. The van der Waals surface area contributed by atoms with Gasteiger partial charge in [-0.05, 0) is 36.6 Å². The predicted molar refractivity (Wildman–Crippen MR) is 66.0 cm³/mol. The van der Waals surface area contributed by atoms with Crippen LogP contribution in [-0.4, -0.2) is 15.8 Å². The van der Waals surface area contributed by atoms with Gasteiger partial charge in [0.05, 0.1) is 0 Å². The van der Waals surface area contributed by atoms with Gasteiger partial charge in [0.25, 0.3) is 0 Å². The zero-order chi connectivity index (χ0) is 12.3. The summed E-state index contributed by atoms with van der Waals surface area (Å²) in [4.78, 5) is 19.8. The second kappa shape index (κ2) is 4.87. The molecule has 1 aromatic carbocycles. The largest absolute Gasteiger partial charge is 0.290 e. The van der Waals surface area contributed by atoms with Crippen molar-refractivity contribution >= 4 is 5.78 Å². The Bertz CT molecular complexity index is 535. The third-order valence-electron chi connectivity index (χ3n) is 2.75.